The zero-order chi connectivity index (χ0) is 29.0. The Labute approximate surface area is 245 Å². The van der Waals surface area contributed by atoms with Crippen LogP contribution < -0.4 is 10.1 Å². The number of hydrogen-bond acceptors (Lipinski definition) is 5. The molecule has 8 heteroatoms. The topological polar surface area (TPSA) is 101 Å². The van der Waals surface area contributed by atoms with Crippen LogP contribution >= 0.6 is 11.6 Å². The van der Waals surface area contributed by atoms with Crippen molar-refractivity contribution in [1.29, 1.82) is 0 Å². The number of benzene rings is 3. The van der Waals surface area contributed by atoms with Crippen molar-refractivity contribution in [2.75, 3.05) is 6.61 Å². The monoisotopic (exact) mass is 571 g/mol. The second-order valence-corrected chi connectivity index (χ2v) is 10.3. The number of amides is 1. The molecule has 0 saturated heterocycles. The van der Waals surface area contributed by atoms with E-state index >= 15 is 0 Å². The van der Waals surface area contributed by atoms with Crippen LogP contribution in [0.5, 0.6) is 5.75 Å². The third kappa shape index (κ3) is 8.88. The summed E-state index contributed by atoms with van der Waals surface area (Å²) in [7, 11) is 0. The molecule has 1 unspecified atom stereocenters. The minimum atomic E-state index is -1.11. The standard InChI is InChI=1S/C33H34ClN3O4/c1-2-3-4-5-6-19-41-29-17-13-24(14-18-29)27-21-35-31(36-22-27)25-9-7-23(8-10-25)20-30(33(39)40)37-32(38)26-11-15-28(34)16-12-26/h7-18,21-22,30H,2-6,19-20H2,1H3,(H,37,38)(H,39,40). The number of rotatable bonds is 14. The van der Waals surface area contributed by atoms with Gasteiger partial charge in [0.15, 0.2) is 5.82 Å². The number of carboxylic acid groups (broad SMARTS) is 1. The molecule has 0 bridgehead atoms. The van der Waals surface area contributed by atoms with E-state index in [0.29, 0.717) is 16.4 Å². The van der Waals surface area contributed by atoms with Crippen LogP contribution in [0.3, 0.4) is 0 Å². The number of carbonyl (C=O) groups is 2. The van der Waals surface area contributed by atoms with Gasteiger partial charge in [0.25, 0.3) is 5.91 Å². The number of aromatic nitrogens is 2. The highest BCUT2D eigenvalue weighted by Gasteiger charge is 2.21. The zero-order valence-corrected chi connectivity index (χ0v) is 23.8. The van der Waals surface area contributed by atoms with Gasteiger partial charge in [-0.15, -0.1) is 0 Å². The van der Waals surface area contributed by atoms with Crippen molar-refractivity contribution >= 4 is 23.5 Å². The summed E-state index contributed by atoms with van der Waals surface area (Å²) >= 11 is 5.87. The van der Waals surface area contributed by atoms with Gasteiger partial charge < -0.3 is 15.2 Å². The van der Waals surface area contributed by atoms with E-state index in [4.69, 9.17) is 16.3 Å². The zero-order valence-electron chi connectivity index (χ0n) is 23.1. The molecule has 0 aliphatic carbocycles. The van der Waals surface area contributed by atoms with Crippen LogP contribution in [0.25, 0.3) is 22.5 Å². The quantitative estimate of drug-likeness (QED) is 0.155. The number of carboxylic acids is 1. The predicted octanol–water partition coefficient (Wildman–Crippen LogP) is 7.24. The largest absolute Gasteiger partial charge is 0.494 e. The predicted molar refractivity (Wildman–Crippen MR) is 161 cm³/mol. The van der Waals surface area contributed by atoms with Crippen molar-refractivity contribution in [3.63, 3.8) is 0 Å². The summed E-state index contributed by atoms with van der Waals surface area (Å²) in [6.07, 6.45) is 9.75. The lowest BCUT2D eigenvalue weighted by atomic mass is 10.0. The fourth-order valence-electron chi connectivity index (χ4n) is 4.33. The number of carbonyl (C=O) groups excluding carboxylic acids is 1. The molecule has 0 radical (unpaired) electrons. The molecule has 1 atom stereocenters. The summed E-state index contributed by atoms with van der Waals surface area (Å²) in [6.45, 7) is 2.94. The Morgan fingerprint density at radius 2 is 1.46 bits per heavy atom. The van der Waals surface area contributed by atoms with Crippen LogP contribution in [0.4, 0.5) is 0 Å². The highest BCUT2D eigenvalue weighted by atomic mass is 35.5. The van der Waals surface area contributed by atoms with E-state index < -0.39 is 17.9 Å². The molecule has 0 spiro atoms. The number of unbranched alkanes of at least 4 members (excludes halogenated alkanes) is 4. The minimum absolute atomic E-state index is 0.132. The number of nitrogens with one attached hydrogen (secondary N) is 1. The number of nitrogens with zero attached hydrogens (tertiary/aromatic N) is 2. The van der Waals surface area contributed by atoms with Crippen LogP contribution in [0.15, 0.2) is 85.2 Å². The summed E-state index contributed by atoms with van der Waals surface area (Å²) in [5.74, 6) is -0.165. The first-order valence-corrected chi connectivity index (χ1v) is 14.2. The van der Waals surface area contributed by atoms with Gasteiger partial charge >= 0.3 is 5.97 Å². The Morgan fingerprint density at radius 3 is 2.10 bits per heavy atom. The average Bonchev–Trinajstić information content (AvgIpc) is 2.99. The molecule has 0 aliphatic rings. The Morgan fingerprint density at radius 1 is 0.829 bits per heavy atom. The van der Waals surface area contributed by atoms with Gasteiger partial charge in [0.1, 0.15) is 11.8 Å². The van der Waals surface area contributed by atoms with E-state index in [-0.39, 0.29) is 6.42 Å². The van der Waals surface area contributed by atoms with Crippen molar-refractivity contribution < 1.29 is 19.4 Å². The highest BCUT2D eigenvalue weighted by Crippen LogP contribution is 2.24. The van der Waals surface area contributed by atoms with E-state index in [9.17, 15) is 14.7 Å². The normalized spacial score (nSPS) is 11.6. The second-order valence-electron chi connectivity index (χ2n) is 9.85. The molecule has 41 heavy (non-hydrogen) atoms. The lowest BCUT2D eigenvalue weighted by Crippen LogP contribution is -2.42. The summed E-state index contributed by atoms with van der Waals surface area (Å²) in [5.41, 5.74) is 3.81. The highest BCUT2D eigenvalue weighted by molar-refractivity contribution is 6.30. The van der Waals surface area contributed by atoms with Crippen LogP contribution in [0.1, 0.15) is 54.9 Å². The Bertz CT molecular complexity index is 1410. The molecule has 2 N–H and O–H groups in total. The molecule has 1 aromatic heterocycles. The first-order chi connectivity index (χ1) is 19.9. The number of aliphatic carboxylic acids is 1. The lowest BCUT2D eigenvalue weighted by Gasteiger charge is -2.15. The van der Waals surface area contributed by atoms with Crippen LogP contribution in [0.2, 0.25) is 5.02 Å². The molecular weight excluding hydrogens is 538 g/mol. The maximum Gasteiger partial charge on any atom is 0.326 e. The first-order valence-electron chi connectivity index (χ1n) is 13.9. The van der Waals surface area contributed by atoms with Crippen molar-refractivity contribution in [2.24, 2.45) is 0 Å². The first kappa shape index (κ1) is 29.7. The molecule has 0 fully saturated rings. The second kappa shape index (κ2) is 15.0. The molecule has 3 aromatic carbocycles. The van der Waals surface area contributed by atoms with Gasteiger partial charge in [-0.2, -0.15) is 0 Å². The van der Waals surface area contributed by atoms with Gasteiger partial charge in [0.2, 0.25) is 0 Å². The molecule has 7 nitrogen and oxygen atoms in total. The lowest BCUT2D eigenvalue weighted by molar-refractivity contribution is -0.139. The van der Waals surface area contributed by atoms with Gasteiger partial charge in [0, 0.05) is 40.5 Å². The van der Waals surface area contributed by atoms with E-state index in [1.165, 1.54) is 25.7 Å². The van der Waals surface area contributed by atoms with E-state index in [2.05, 4.69) is 22.2 Å². The SMILES string of the molecule is CCCCCCCOc1ccc(-c2cnc(-c3ccc(CC(NC(=O)c4ccc(Cl)cc4)C(=O)O)cc3)nc2)cc1. The fraction of sp³-hybridized carbons (Fsp3) is 0.273. The molecule has 1 amide bonds. The molecular formula is C33H34ClN3O4. The Hall–Kier alpha value is -4.23. The Kier molecular flexibility index (Phi) is 10.9. The number of hydrogen-bond donors (Lipinski definition) is 2. The molecule has 4 aromatic rings. The van der Waals surface area contributed by atoms with Gasteiger partial charge in [-0.25, -0.2) is 14.8 Å². The molecule has 0 saturated carbocycles. The van der Waals surface area contributed by atoms with Crippen molar-refractivity contribution in [2.45, 2.75) is 51.5 Å². The summed E-state index contributed by atoms with van der Waals surface area (Å²) in [6, 6.07) is 20.5. The minimum Gasteiger partial charge on any atom is -0.494 e. The molecule has 212 valence electrons. The van der Waals surface area contributed by atoms with Crippen LogP contribution in [-0.4, -0.2) is 39.6 Å². The van der Waals surface area contributed by atoms with Crippen molar-refractivity contribution in [3.05, 3.63) is 101 Å². The third-order valence-electron chi connectivity index (χ3n) is 6.72. The molecule has 0 aliphatic heterocycles. The molecule has 1 heterocycles. The Balaban J connectivity index is 1.32. The van der Waals surface area contributed by atoms with Crippen molar-refractivity contribution in [1.82, 2.24) is 15.3 Å². The third-order valence-corrected chi connectivity index (χ3v) is 6.97. The van der Waals surface area contributed by atoms with Gasteiger partial charge in [0.05, 0.1) is 6.61 Å². The smallest absolute Gasteiger partial charge is 0.326 e. The van der Waals surface area contributed by atoms with Crippen LogP contribution in [0, 0.1) is 0 Å². The fourth-order valence-corrected chi connectivity index (χ4v) is 4.46. The average molecular weight is 572 g/mol. The van der Waals surface area contributed by atoms with Gasteiger partial charge in [-0.05, 0) is 53.9 Å². The van der Waals surface area contributed by atoms with E-state index in [1.54, 1.807) is 36.7 Å². The summed E-state index contributed by atoms with van der Waals surface area (Å²) in [5, 5.41) is 12.7. The maximum absolute atomic E-state index is 12.5. The molecule has 4 rings (SSSR count). The number of ether oxygens (including phenoxy) is 1. The van der Waals surface area contributed by atoms with Gasteiger partial charge in [-0.3, -0.25) is 4.79 Å². The number of halogens is 1. The maximum atomic E-state index is 12.5. The van der Waals surface area contributed by atoms with Crippen molar-refractivity contribution in [3.8, 4) is 28.3 Å². The van der Waals surface area contributed by atoms with E-state index in [1.807, 2.05) is 48.5 Å². The van der Waals surface area contributed by atoms with Gasteiger partial charge in [-0.1, -0.05) is 80.6 Å². The summed E-state index contributed by atoms with van der Waals surface area (Å²) < 4.78 is 5.85. The summed E-state index contributed by atoms with van der Waals surface area (Å²) in [4.78, 5) is 33.4. The van der Waals surface area contributed by atoms with Crippen LogP contribution in [-0.2, 0) is 11.2 Å². The van der Waals surface area contributed by atoms with E-state index in [0.717, 1.165) is 41.0 Å².